The van der Waals surface area contributed by atoms with Crippen LogP contribution in [0.3, 0.4) is 0 Å². The first-order chi connectivity index (χ1) is 35.5. The van der Waals surface area contributed by atoms with Crippen LogP contribution in [0.1, 0.15) is 79.1 Å². The number of carbonyl (C=O) groups excluding carboxylic acids is 1. The van der Waals surface area contributed by atoms with Crippen LogP contribution >= 0.6 is 47.0 Å². The van der Waals surface area contributed by atoms with E-state index >= 15 is 0 Å². The van der Waals surface area contributed by atoms with E-state index in [9.17, 15) is 4.79 Å². The number of thioether (sulfide) groups is 4. The highest BCUT2D eigenvalue weighted by Gasteiger charge is 2.50. The maximum atomic E-state index is 11.5. The molecule has 398 valence electrons. The van der Waals surface area contributed by atoms with E-state index in [1.807, 2.05) is 11.8 Å². The molecule has 4 fully saturated rings. The van der Waals surface area contributed by atoms with Gasteiger partial charge in [-0.25, -0.2) is 20.0 Å². The van der Waals surface area contributed by atoms with Gasteiger partial charge in [0, 0.05) is 124 Å². The Morgan fingerprint density at radius 3 is 1.19 bits per heavy atom. The fourth-order valence-electron chi connectivity index (χ4n) is 11.8. The second-order valence-electron chi connectivity index (χ2n) is 22.4. The summed E-state index contributed by atoms with van der Waals surface area (Å²) in [6, 6.07) is 24.8. The smallest absolute Gasteiger partial charge is 0.261 e. The molecule has 8 aliphatic rings. The van der Waals surface area contributed by atoms with Crippen molar-refractivity contribution < 1.29 is 9.22 Å². The second kappa shape index (κ2) is 24.8. The van der Waals surface area contributed by atoms with Crippen LogP contribution in [0, 0.1) is 0 Å². The summed E-state index contributed by atoms with van der Waals surface area (Å²) in [4.78, 5) is 42.4. The molecule has 0 saturated carbocycles. The minimum atomic E-state index is -2.61. The maximum absolute atomic E-state index is 11.5. The van der Waals surface area contributed by atoms with Crippen molar-refractivity contribution in [2.24, 2.45) is 20.0 Å². The summed E-state index contributed by atoms with van der Waals surface area (Å²) in [5.74, 6) is 11.6. The zero-order chi connectivity index (χ0) is 50.2. The lowest BCUT2D eigenvalue weighted by atomic mass is 10.1. The molecule has 0 radical (unpaired) electrons. The van der Waals surface area contributed by atoms with Gasteiger partial charge in [-0.15, -0.1) is 0 Å². The van der Waals surface area contributed by atoms with Crippen molar-refractivity contribution in [1.29, 1.82) is 0 Å². The number of rotatable bonds is 19. The number of guanidine groups is 4. The van der Waals surface area contributed by atoms with Crippen LogP contribution in [0.2, 0.25) is 5.04 Å². The van der Waals surface area contributed by atoms with Crippen molar-refractivity contribution in [3.63, 3.8) is 0 Å². The number of nitrogens with one attached hydrogen (secondary N) is 4. The van der Waals surface area contributed by atoms with Gasteiger partial charge in [-0.05, 0) is 66.8 Å². The lowest BCUT2D eigenvalue weighted by Gasteiger charge is -2.44. The average molecular weight is 1090 g/mol. The van der Waals surface area contributed by atoms with Gasteiger partial charge in [0.25, 0.3) is 8.32 Å². The van der Waals surface area contributed by atoms with Crippen molar-refractivity contribution in [2.75, 3.05) is 99.2 Å². The topological polar surface area (TPSA) is 137 Å². The lowest BCUT2D eigenvalue weighted by molar-refractivity contribution is -0.109. The molecular weight excluding hydrogens is 1010 g/mol. The average Bonchev–Trinajstić information content (AvgIpc) is 3.40. The van der Waals surface area contributed by atoms with Crippen molar-refractivity contribution in [3.8, 4) is 0 Å². The summed E-state index contributed by atoms with van der Waals surface area (Å²) >= 11 is 7.59. The molecule has 10 rings (SSSR count). The highest BCUT2D eigenvalue weighted by Crippen LogP contribution is 2.37. The summed E-state index contributed by atoms with van der Waals surface area (Å²) in [5.41, 5.74) is 0. The third-order valence-electron chi connectivity index (χ3n) is 16.0. The zero-order valence-corrected chi connectivity index (χ0v) is 48.2. The molecule has 19 heteroatoms. The van der Waals surface area contributed by atoms with Crippen LogP contribution in [0.4, 0.5) is 0 Å². The molecule has 8 aliphatic heterocycles. The first kappa shape index (κ1) is 53.2. The third-order valence-corrected chi connectivity index (χ3v) is 25.7. The highest BCUT2D eigenvalue weighted by atomic mass is 32.2. The summed E-state index contributed by atoms with van der Waals surface area (Å²) in [6.07, 6.45) is 8.96. The van der Waals surface area contributed by atoms with E-state index in [0.717, 1.165) is 155 Å². The molecule has 0 unspecified atom stereocenters. The molecular formula is C54H82N12O2S4Si. The molecule has 0 aromatic heterocycles. The van der Waals surface area contributed by atoms with E-state index in [4.69, 9.17) is 24.4 Å². The lowest BCUT2D eigenvalue weighted by Crippen LogP contribution is -2.67. The van der Waals surface area contributed by atoms with E-state index in [-0.39, 0.29) is 16.2 Å². The fourth-order valence-corrected chi connectivity index (χ4v) is 20.6. The van der Waals surface area contributed by atoms with E-state index < -0.39 is 8.32 Å². The van der Waals surface area contributed by atoms with Gasteiger partial charge in [-0.2, -0.15) is 35.3 Å². The largest absolute Gasteiger partial charge is 0.405 e. The Bertz CT molecular complexity index is 2230. The third kappa shape index (κ3) is 13.5. The van der Waals surface area contributed by atoms with Crippen molar-refractivity contribution in [1.82, 2.24) is 40.9 Å². The molecule has 0 amide bonds. The zero-order valence-electron chi connectivity index (χ0n) is 43.9. The summed E-state index contributed by atoms with van der Waals surface area (Å²) < 4.78 is 7.33. The Hall–Kier alpha value is -3.23. The van der Waals surface area contributed by atoms with Crippen LogP contribution in [-0.4, -0.2) is 204 Å². The molecule has 14 nitrogen and oxygen atoms in total. The van der Waals surface area contributed by atoms with Crippen LogP contribution in [0.5, 0.6) is 0 Å². The highest BCUT2D eigenvalue weighted by molar-refractivity contribution is 8.13. The number of nitrogens with zero attached hydrogens (tertiary/aromatic N) is 8. The van der Waals surface area contributed by atoms with Gasteiger partial charge in [0.2, 0.25) is 0 Å². The molecule has 4 N–H and O–H groups in total. The number of carbonyl (C=O) groups is 1. The van der Waals surface area contributed by atoms with Gasteiger partial charge in [-0.3, -0.25) is 4.79 Å². The van der Waals surface area contributed by atoms with Gasteiger partial charge in [-0.1, -0.05) is 93.2 Å². The van der Waals surface area contributed by atoms with Crippen molar-refractivity contribution in [2.45, 2.75) is 132 Å². The van der Waals surface area contributed by atoms with Gasteiger partial charge in [0.15, 0.2) is 29.0 Å². The monoisotopic (exact) mass is 1090 g/mol. The van der Waals surface area contributed by atoms with Crippen molar-refractivity contribution in [3.05, 3.63) is 60.7 Å². The first-order valence-electron chi connectivity index (χ1n) is 27.5. The molecule has 4 saturated heterocycles. The van der Waals surface area contributed by atoms with E-state index in [2.05, 4.69) is 146 Å². The molecule has 2 aromatic carbocycles. The summed E-state index contributed by atoms with van der Waals surface area (Å²) in [7, 11) is -2.61. The molecule has 0 bridgehead atoms. The summed E-state index contributed by atoms with van der Waals surface area (Å²) in [5, 5.41) is 18.0. The Kier molecular flexibility index (Phi) is 18.1. The first-order valence-corrected chi connectivity index (χ1v) is 33.9. The number of fused-ring (bicyclic) bond motifs is 4. The summed E-state index contributed by atoms with van der Waals surface area (Å²) in [6.45, 7) is 17.9. The number of hydrogen-bond donors (Lipinski definition) is 4. The SMILES string of the molecule is CC(=O)SC[C@H]1CCN2CC[C@H](CSC[C@H]3CCN4CC[C@H](CSC[C@H]5CCN6CC[C@H](CSC[C@H]7CCN8CC[C@H](CO[Si](c9ccccc9)(c9ccccc9)C(C)(C)C)N=C8N7)N=C6N5)N=C4N3)N=C2N1. The standard InChI is InChI=1S/C54H82N12O2S4Si/c1-39(67)72-38-47-22-30-66-29-21-46(61-53(66)62-47)37-71-36-45-20-28-65-27-19-44(59-52(65)60-45)35-70-34-43-18-26-64-25-17-42(57-51(64)58-43)33-69-32-41-16-24-63-23-15-40(55-50(63)56-41)31-68-73(54(2,3)4,48-11-7-5-8-12-48)49-13-9-6-10-14-49/h5-14,40-47H,15-38H2,1-4H3,(H,55,56)(H,57,58)(H,59,60)(H,61,62)/t40-,41-,42-,43-,44-,45-,46-,47-/m1/s1. The molecule has 0 spiro atoms. The maximum Gasteiger partial charge on any atom is 0.261 e. The van der Waals surface area contributed by atoms with Gasteiger partial charge < -0.3 is 45.3 Å². The minimum absolute atomic E-state index is 0.0495. The van der Waals surface area contributed by atoms with Crippen molar-refractivity contribution >= 4 is 94.7 Å². The normalized spacial score (nSPS) is 28.3. The fraction of sp³-hybridized carbons (Fsp3) is 0.685. The molecule has 0 aliphatic carbocycles. The number of benzene rings is 2. The Morgan fingerprint density at radius 1 is 0.507 bits per heavy atom. The quantitative estimate of drug-likeness (QED) is 0.137. The van der Waals surface area contributed by atoms with Crippen LogP contribution in [0.25, 0.3) is 0 Å². The predicted octanol–water partition coefficient (Wildman–Crippen LogP) is 5.21. The number of aliphatic imine (C=N–C) groups is 4. The molecule has 73 heavy (non-hydrogen) atoms. The molecule has 8 atom stereocenters. The second-order valence-corrected chi connectivity index (χ2v) is 31.2. The van der Waals surface area contributed by atoms with E-state index in [1.54, 1.807) is 6.92 Å². The van der Waals surface area contributed by atoms with Crippen LogP contribution < -0.4 is 31.6 Å². The Labute approximate surface area is 454 Å². The van der Waals surface area contributed by atoms with Gasteiger partial charge >= 0.3 is 0 Å². The molecule has 8 heterocycles. The Balaban J connectivity index is 0.641. The van der Waals surface area contributed by atoms with Crippen LogP contribution in [0.15, 0.2) is 80.6 Å². The minimum Gasteiger partial charge on any atom is -0.405 e. The number of hydrogen-bond acceptors (Lipinski definition) is 18. The molecule has 2 aromatic rings. The predicted molar refractivity (Wildman–Crippen MR) is 315 cm³/mol. The Morgan fingerprint density at radius 2 is 0.836 bits per heavy atom. The van der Waals surface area contributed by atoms with E-state index in [1.165, 1.54) is 35.0 Å². The van der Waals surface area contributed by atoms with E-state index in [0.29, 0.717) is 48.9 Å². The van der Waals surface area contributed by atoms with Crippen LogP contribution in [-0.2, 0) is 9.22 Å². The van der Waals surface area contributed by atoms with Gasteiger partial charge in [0.05, 0.1) is 30.8 Å². The van der Waals surface area contributed by atoms with Gasteiger partial charge in [0.1, 0.15) is 0 Å².